The number of halogens is 1. The molecule has 4 nitrogen and oxygen atoms in total. The fraction of sp³-hybridized carbons (Fsp3) is 0.182. The molecule has 1 aromatic heterocycles. The Balaban J connectivity index is 1.40. The number of nitrogens with one attached hydrogen (secondary N) is 3. The molecule has 0 aliphatic heterocycles. The summed E-state index contributed by atoms with van der Waals surface area (Å²) < 4.78 is 12.9. The van der Waals surface area contributed by atoms with Gasteiger partial charge in [0.2, 0.25) is 0 Å². The van der Waals surface area contributed by atoms with Crippen LogP contribution in [0.4, 0.5) is 21.6 Å². The Hall–Kier alpha value is -2.99. The predicted molar refractivity (Wildman–Crippen MR) is 118 cm³/mol. The molecule has 0 bridgehead atoms. The van der Waals surface area contributed by atoms with Gasteiger partial charge in [-0.3, -0.25) is 0 Å². The molecule has 3 aromatic rings. The van der Waals surface area contributed by atoms with Crippen LogP contribution in [-0.4, -0.2) is 16.6 Å². The molecule has 2 aromatic carbocycles. The van der Waals surface area contributed by atoms with Gasteiger partial charge in [-0.15, -0.1) is 0 Å². The van der Waals surface area contributed by atoms with Crippen LogP contribution in [0.5, 0.6) is 0 Å². The number of aryl methyl sites for hydroxylation is 2. The molecule has 0 amide bonds. The van der Waals surface area contributed by atoms with Crippen molar-refractivity contribution in [2.24, 2.45) is 0 Å². The molecule has 3 N–H and O–H groups in total. The number of hydrogen-bond donors (Lipinski definition) is 3. The lowest BCUT2D eigenvalue weighted by molar-refractivity contribution is 0.626. The highest BCUT2D eigenvalue weighted by Gasteiger charge is 2.01. The van der Waals surface area contributed by atoms with Crippen molar-refractivity contribution in [1.82, 2.24) is 10.3 Å². The van der Waals surface area contributed by atoms with Gasteiger partial charge in [0.15, 0.2) is 5.11 Å². The van der Waals surface area contributed by atoms with E-state index < -0.39 is 0 Å². The van der Waals surface area contributed by atoms with E-state index in [0.717, 1.165) is 42.1 Å². The van der Waals surface area contributed by atoms with E-state index in [9.17, 15) is 4.39 Å². The lowest BCUT2D eigenvalue weighted by Gasteiger charge is -2.11. The van der Waals surface area contributed by atoms with Crippen LogP contribution < -0.4 is 16.0 Å². The Morgan fingerprint density at radius 1 is 1.04 bits per heavy atom. The molecule has 0 aliphatic carbocycles. The molecule has 0 unspecified atom stereocenters. The van der Waals surface area contributed by atoms with Gasteiger partial charge in [0.25, 0.3) is 0 Å². The molecule has 0 aliphatic rings. The summed E-state index contributed by atoms with van der Waals surface area (Å²) in [6, 6.07) is 18.6. The van der Waals surface area contributed by atoms with Crippen molar-refractivity contribution in [2.45, 2.75) is 19.8 Å². The zero-order valence-corrected chi connectivity index (χ0v) is 16.5. The van der Waals surface area contributed by atoms with Crippen LogP contribution >= 0.6 is 12.2 Å². The number of nitrogens with zero attached hydrogens (tertiary/aromatic N) is 1. The Morgan fingerprint density at radius 3 is 2.57 bits per heavy atom. The van der Waals surface area contributed by atoms with Crippen molar-refractivity contribution in [3.63, 3.8) is 0 Å². The molecule has 3 rings (SSSR count). The van der Waals surface area contributed by atoms with Crippen molar-refractivity contribution in [3.8, 4) is 0 Å². The van der Waals surface area contributed by atoms with Crippen LogP contribution in [-0.2, 0) is 6.42 Å². The maximum Gasteiger partial charge on any atom is 0.170 e. The van der Waals surface area contributed by atoms with E-state index in [0.29, 0.717) is 5.11 Å². The Morgan fingerprint density at radius 2 is 1.86 bits per heavy atom. The predicted octanol–water partition coefficient (Wildman–Crippen LogP) is 5.19. The minimum atomic E-state index is -0.207. The van der Waals surface area contributed by atoms with Crippen molar-refractivity contribution in [1.29, 1.82) is 0 Å². The summed E-state index contributed by atoms with van der Waals surface area (Å²) in [5.41, 5.74) is 4.14. The monoisotopic (exact) mass is 394 g/mol. The van der Waals surface area contributed by atoms with Crippen molar-refractivity contribution < 1.29 is 4.39 Å². The second-order valence-corrected chi connectivity index (χ2v) is 6.95. The van der Waals surface area contributed by atoms with Gasteiger partial charge in [0, 0.05) is 12.2 Å². The van der Waals surface area contributed by atoms with Gasteiger partial charge < -0.3 is 16.0 Å². The molecule has 0 fully saturated rings. The largest absolute Gasteiger partial charge is 0.362 e. The van der Waals surface area contributed by atoms with Gasteiger partial charge in [-0.05, 0) is 79.5 Å². The minimum Gasteiger partial charge on any atom is -0.362 e. The molecular formula is C22H23FN4S. The first-order chi connectivity index (χ1) is 13.6. The highest BCUT2D eigenvalue weighted by atomic mass is 32.1. The summed E-state index contributed by atoms with van der Waals surface area (Å²) in [6.07, 6.45) is 3.52. The number of benzene rings is 2. The summed E-state index contributed by atoms with van der Waals surface area (Å²) in [5, 5.41) is 10.1. The topological polar surface area (TPSA) is 49.0 Å². The fourth-order valence-corrected chi connectivity index (χ4v) is 2.95. The number of pyridine rings is 1. The van der Waals surface area contributed by atoms with Crippen molar-refractivity contribution in [2.75, 3.05) is 17.2 Å². The molecule has 6 heteroatoms. The molecule has 0 spiro atoms. The molecular weight excluding hydrogens is 371 g/mol. The standard InChI is InChI=1S/C22H23FN4S/c1-16-4-2-6-19(14-16)26-21-12-11-20(15-25-21)27-22(28)24-13-3-5-17-7-9-18(23)10-8-17/h2,4,6-12,14-15H,3,5,13H2,1H3,(H,25,26)(H2,24,27,28). The molecule has 144 valence electrons. The molecule has 0 atom stereocenters. The maximum atomic E-state index is 12.9. The molecule has 0 radical (unpaired) electrons. The zero-order valence-electron chi connectivity index (χ0n) is 15.7. The van der Waals surface area contributed by atoms with Crippen LogP contribution in [0.1, 0.15) is 17.5 Å². The summed E-state index contributed by atoms with van der Waals surface area (Å²) in [6.45, 7) is 2.79. The average molecular weight is 395 g/mol. The SMILES string of the molecule is Cc1cccc(Nc2ccc(NC(=S)NCCCc3ccc(F)cc3)cn2)c1. The van der Waals surface area contributed by atoms with E-state index in [1.807, 2.05) is 36.4 Å². The van der Waals surface area contributed by atoms with E-state index >= 15 is 0 Å². The lowest BCUT2D eigenvalue weighted by atomic mass is 10.1. The Kier molecular flexibility index (Phi) is 6.92. The van der Waals surface area contributed by atoms with Crippen LogP contribution in [0.3, 0.4) is 0 Å². The Bertz CT molecular complexity index is 911. The lowest BCUT2D eigenvalue weighted by Crippen LogP contribution is -2.29. The van der Waals surface area contributed by atoms with Crippen molar-refractivity contribution >= 4 is 34.5 Å². The van der Waals surface area contributed by atoms with Gasteiger partial charge in [0.05, 0.1) is 11.9 Å². The van der Waals surface area contributed by atoms with Gasteiger partial charge in [-0.1, -0.05) is 24.3 Å². The molecule has 0 saturated carbocycles. The summed E-state index contributed by atoms with van der Waals surface area (Å²) in [4.78, 5) is 4.41. The van der Waals surface area contributed by atoms with E-state index in [1.165, 1.54) is 17.7 Å². The van der Waals surface area contributed by atoms with Crippen LogP contribution in [0, 0.1) is 12.7 Å². The highest BCUT2D eigenvalue weighted by Crippen LogP contribution is 2.17. The smallest absolute Gasteiger partial charge is 0.170 e. The molecule has 0 saturated heterocycles. The third-order valence-corrected chi connectivity index (χ3v) is 4.40. The molecule has 28 heavy (non-hydrogen) atoms. The van der Waals surface area contributed by atoms with Gasteiger partial charge >= 0.3 is 0 Å². The average Bonchev–Trinajstić information content (AvgIpc) is 2.68. The summed E-state index contributed by atoms with van der Waals surface area (Å²) in [7, 11) is 0. The third-order valence-electron chi connectivity index (χ3n) is 4.15. The van der Waals surface area contributed by atoms with Crippen molar-refractivity contribution in [3.05, 3.63) is 83.8 Å². The van der Waals surface area contributed by atoms with E-state index in [1.54, 1.807) is 6.20 Å². The zero-order chi connectivity index (χ0) is 19.8. The van der Waals surface area contributed by atoms with Gasteiger partial charge in [0.1, 0.15) is 11.6 Å². The second-order valence-electron chi connectivity index (χ2n) is 6.54. The number of aromatic nitrogens is 1. The fourth-order valence-electron chi connectivity index (χ4n) is 2.73. The van der Waals surface area contributed by atoms with E-state index in [-0.39, 0.29) is 5.82 Å². The number of hydrogen-bond acceptors (Lipinski definition) is 3. The van der Waals surface area contributed by atoms with Crippen LogP contribution in [0.25, 0.3) is 0 Å². The van der Waals surface area contributed by atoms with E-state index in [2.05, 4.69) is 40.0 Å². The number of thiocarbonyl (C=S) groups is 1. The number of anilines is 3. The maximum absolute atomic E-state index is 12.9. The van der Waals surface area contributed by atoms with Gasteiger partial charge in [-0.2, -0.15) is 0 Å². The first-order valence-corrected chi connectivity index (χ1v) is 9.58. The van der Waals surface area contributed by atoms with Crippen LogP contribution in [0.15, 0.2) is 66.9 Å². The Labute approximate surface area is 170 Å². The third kappa shape index (κ3) is 6.32. The number of rotatable bonds is 7. The highest BCUT2D eigenvalue weighted by molar-refractivity contribution is 7.80. The summed E-state index contributed by atoms with van der Waals surface area (Å²) >= 11 is 5.32. The van der Waals surface area contributed by atoms with Crippen LogP contribution in [0.2, 0.25) is 0 Å². The minimum absolute atomic E-state index is 0.207. The quantitative estimate of drug-likeness (QED) is 0.380. The molecule has 1 heterocycles. The normalized spacial score (nSPS) is 10.4. The summed E-state index contributed by atoms with van der Waals surface area (Å²) in [5.74, 6) is 0.565. The second kappa shape index (κ2) is 9.80. The first-order valence-electron chi connectivity index (χ1n) is 9.17. The van der Waals surface area contributed by atoms with Gasteiger partial charge in [-0.25, -0.2) is 9.37 Å². The first kappa shape index (κ1) is 19.8. The van der Waals surface area contributed by atoms with E-state index in [4.69, 9.17) is 12.2 Å².